The van der Waals surface area contributed by atoms with E-state index in [-0.39, 0.29) is 0 Å². The Morgan fingerprint density at radius 3 is 2.50 bits per heavy atom. The van der Waals surface area contributed by atoms with Crippen LogP contribution in [0.4, 0.5) is 0 Å². The Bertz CT molecular complexity index is 353. The summed E-state index contributed by atoms with van der Waals surface area (Å²) in [5.74, 6) is 0. The second-order valence-electron chi connectivity index (χ2n) is 5.47. The Hall–Kier alpha value is -0.830. The molecule has 1 rings (SSSR count). The highest BCUT2D eigenvalue weighted by Crippen LogP contribution is 2.14. The fourth-order valence-corrected chi connectivity index (χ4v) is 2.20. The molecule has 0 atom stereocenters. The van der Waals surface area contributed by atoms with Crippen LogP contribution in [0, 0.1) is 13.8 Å². The molecule has 0 radical (unpaired) electrons. The summed E-state index contributed by atoms with van der Waals surface area (Å²) in [6.45, 7) is 12.9. The third-order valence-electron chi connectivity index (χ3n) is 3.44. The van der Waals surface area contributed by atoms with Crippen LogP contribution in [0.1, 0.15) is 63.4 Å². The summed E-state index contributed by atoms with van der Waals surface area (Å²) in [6, 6.07) is 0.525. The summed E-state index contributed by atoms with van der Waals surface area (Å²) in [4.78, 5) is 0. The van der Waals surface area contributed by atoms with Gasteiger partial charge in [-0.2, -0.15) is 5.10 Å². The fourth-order valence-electron chi connectivity index (χ4n) is 2.20. The van der Waals surface area contributed by atoms with Gasteiger partial charge in [0.2, 0.25) is 0 Å². The minimum Gasteiger partial charge on any atom is -0.310 e. The van der Waals surface area contributed by atoms with E-state index < -0.39 is 0 Å². The van der Waals surface area contributed by atoms with Crippen molar-refractivity contribution >= 4 is 0 Å². The molecule has 3 nitrogen and oxygen atoms in total. The number of aromatic nitrogens is 2. The molecule has 0 aliphatic heterocycles. The number of nitrogens with zero attached hydrogens (tertiary/aromatic N) is 2. The molecule has 0 bridgehead atoms. The summed E-state index contributed by atoms with van der Waals surface area (Å²) >= 11 is 0. The monoisotopic (exact) mass is 251 g/mol. The SMILES string of the molecule is CCCCCCn1nc(C)c(CNC(C)C)c1C. The van der Waals surface area contributed by atoms with Crippen molar-refractivity contribution in [3.8, 4) is 0 Å². The number of nitrogens with one attached hydrogen (secondary N) is 1. The zero-order valence-electron chi connectivity index (χ0n) is 12.7. The van der Waals surface area contributed by atoms with Crippen LogP contribution in [0.2, 0.25) is 0 Å². The number of rotatable bonds is 8. The van der Waals surface area contributed by atoms with Gasteiger partial charge in [-0.05, 0) is 20.3 Å². The van der Waals surface area contributed by atoms with E-state index in [1.54, 1.807) is 0 Å². The minimum atomic E-state index is 0.525. The molecule has 0 fully saturated rings. The second kappa shape index (κ2) is 7.57. The number of aryl methyl sites for hydroxylation is 2. The van der Waals surface area contributed by atoms with Crippen LogP contribution in [0.15, 0.2) is 0 Å². The number of unbranched alkanes of at least 4 members (excludes halogenated alkanes) is 3. The molecule has 1 N–H and O–H groups in total. The molecular formula is C15H29N3. The third-order valence-corrected chi connectivity index (χ3v) is 3.44. The van der Waals surface area contributed by atoms with Crippen LogP contribution in [-0.4, -0.2) is 15.8 Å². The van der Waals surface area contributed by atoms with Gasteiger partial charge >= 0.3 is 0 Å². The van der Waals surface area contributed by atoms with Gasteiger partial charge in [-0.25, -0.2) is 0 Å². The normalized spacial score (nSPS) is 11.4. The van der Waals surface area contributed by atoms with E-state index in [9.17, 15) is 0 Å². The molecule has 0 saturated heterocycles. The van der Waals surface area contributed by atoms with Crippen LogP contribution in [0.25, 0.3) is 0 Å². The van der Waals surface area contributed by atoms with E-state index in [4.69, 9.17) is 0 Å². The quantitative estimate of drug-likeness (QED) is 0.716. The van der Waals surface area contributed by atoms with Crippen LogP contribution in [-0.2, 0) is 13.1 Å². The molecule has 3 heteroatoms. The summed E-state index contributed by atoms with van der Waals surface area (Å²) in [7, 11) is 0. The largest absolute Gasteiger partial charge is 0.310 e. The van der Waals surface area contributed by atoms with Crippen LogP contribution in [0.5, 0.6) is 0 Å². The summed E-state index contributed by atoms with van der Waals surface area (Å²) in [5, 5.41) is 8.14. The van der Waals surface area contributed by atoms with E-state index in [0.29, 0.717) is 6.04 Å². The Labute approximate surface area is 112 Å². The van der Waals surface area contributed by atoms with Crippen molar-refractivity contribution in [2.75, 3.05) is 0 Å². The van der Waals surface area contributed by atoms with E-state index in [1.165, 1.54) is 42.6 Å². The van der Waals surface area contributed by atoms with Gasteiger partial charge in [-0.15, -0.1) is 0 Å². The lowest BCUT2D eigenvalue weighted by Gasteiger charge is -2.09. The van der Waals surface area contributed by atoms with Crippen molar-refractivity contribution in [2.24, 2.45) is 0 Å². The van der Waals surface area contributed by atoms with Gasteiger partial charge in [0.1, 0.15) is 0 Å². The molecule has 104 valence electrons. The molecule has 0 aliphatic rings. The maximum Gasteiger partial charge on any atom is 0.0641 e. The lowest BCUT2D eigenvalue weighted by molar-refractivity contribution is 0.528. The third kappa shape index (κ3) is 4.45. The highest BCUT2D eigenvalue weighted by Gasteiger charge is 2.11. The van der Waals surface area contributed by atoms with E-state index in [0.717, 1.165) is 13.1 Å². The van der Waals surface area contributed by atoms with Crippen molar-refractivity contribution in [3.63, 3.8) is 0 Å². The van der Waals surface area contributed by atoms with Crippen LogP contribution >= 0.6 is 0 Å². The molecule has 0 saturated carbocycles. The highest BCUT2D eigenvalue weighted by atomic mass is 15.3. The standard InChI is InChI=1S/C15H29N3/c1-6-7-8-9-10-18-14(5)15(13(4)17-18)11-16-12(2)3/h12,16H,6-11H2,1-5H3. The molecular weight excluding hydrogens is 222 g/mol. The first kappa shape index (κ1) is 15.2. The zero-order chi connectivity index (χ0) is 13.5. The highest BCUT2D eigenvalue weighted by molar-refractivity contribution is 5.24. The van der Waals surface area contributed by atoms with Gasteiger partial charge in [-0.3, -0.25) is 4.68 Å². The lowest BCUT2D eigenvalue weighted by Crippen LogP contribution is -2.22. The predicted octanol–water partition coefficient (Wildman–Crippen LogP) is 3.58. The molecule has 1 aromatic rings. The summed E-state index contributed by atoms with van der Waals surface area (Å²) in [6.07, 6.45) is 5.18. The topological polar surface area (TPSA) is 29.9 Å². The summed E-state index contributed by atoms with van der Waals surface area (Å²) in [5.41, 5.74) is 3.88. The molecule has 0 unspecified atom stereocenters. The van der Waals surface area contributed by atoms with Crippen molar-refractivity contribution < 1.29 is 0 Å². The van der Waals surface area contributed by atoms with Crippen molar-refractivity contribution in [1.82, 2.24) is 15.1 Å². The Balaban J connectivity index is 2.56. The number of hydrogen-bond donors (Lipinski definition) is 1. The predicted molar refractivity (Wildman–Crippen MR) is 77.8 cm³/mol. The molecule has 0 aliphatic carbocycles. The van der Waals surface area contributed by atoms with Gasteiger partial charge in [0.15, 0.2) is 0 Å². The van der Waals surface area contributed by atoms with Crippen LogP contribution < -0.4 is 5.32 Å². The second-order valence-corrected chi connectivity index (χ2v) is 5.47. The zero-order valence-corrected chi connectivity index (χ0v) is 12.7. The molecule has 0 aromatic carbocycles. The maximum atomic E-state index is 4.66. The maximum absolute atomic E-state index is 4.66. The fraction of sp³-hybridized carbons (Fsp3) is 0.800. The van der Waals surface area contributed by atoms with Crippen molar-refractivity contribution in [2.45, 2.75) is 79.4 Å². The van der Waals surface area contributed by atoms with Gasteiger partial charge in [-0.1, -0.05) is 40.0 Å². The smallest absolute Gasteiger partial charge is 0.0641 e. The molecule has 0 amide bonds. The lowest BCUT2D eigenvalue weighted by atomic mass is 10.2. The van der Waals surface area contributed by atoms with E-state index in [1.807, 2.05) is 0 Å². The average Bonchev–Trinajstić information content (AvgIpc) is 2.58. The first-order chi connectivity index (χ1) is 8.56. The van der Waals surface area contributed by atoms with Gasteiger partial charge in [0.05, 0.1) is 5.69 Å². The van der Waals surface area contributed by atoms with Crippen molar-refractivity contribution in [1.29, 1.82) is 0 Å². The molecule has 18 heavy (non-hydrogen) atoms. The first-order valence-corrected chi connectivity index (χ1v) is 7.32. The van der Waals surface area contributed by atoms with E-state index in [2.05, 4.69) is 49.7 Å². The Morgan fingerprint density at radius 2 is 1.89 bits per heavy atom. The molecule has 1 aromatic heterocycles. The first-order valence-electron chi connectivity index (χ1n) is 7.32. The van der Waals surface area contributed by atoms with E-state index >= 15 is 0 Å². The molecule has 1 heterocycles. The minimum absolute atomic E-state index is 0.525. The number of hydrogen-bond acceptors (Lipinski definition) is 2. The van der Waals surface area contributed by atoms with Gasteiger partial charge < -0.3 is 5.32 Å². The summed E-state index contributed by atoms with van der Waals surface area (Å²) < 4.78 is 2.18. The molecule has 0 spiro atoms. The van der Waals surface area contributed by atoms with Crippen LogP contribution in [0.3, 0.4) is 0 Å². The van der Waals surface area contributed by atoms with Gasteiger partial charge in [0, 0.05) is 30.4 Å². The average molecular weight is 251 g/mol. The van der Waals surface area contributed by atoms with Crippen molar-refractivity contribution in [3.05, 3.63) is 17.0 Å². The Morgan fingerprint density at radius 1 is 1.17 bits per heavy atom. The van der Waals surface area contributed by atoms with Gasteiger partial charge in [0.25, 0.3) is 0 Å². The Kier molecular flexibility index (Phi) is 6.41.